The number of rotatable bonds is 4. The number of fused-ring (bicyclic) bond motifs is 4. The molecule has 1 saturated heterocycles. The van der Waals surface area contributed by atoms with Crippen LogP contribution < -0.4 is 5.56 Å². The van der Waals surface area contributed by atoms with Crippen molar-refractivity contribution in [3.63, 3.8) is 0 Å². The predicted octanol–water partition coefficient (Wildman–Crippen LogP) is 0.275. The number of likely N-dealkylation sites (tertiary alicyclic amines) is 1. The average Bonchev–Trinajstić information content (AvgIpc) is 2.40. The lowest BCUT2D eigenvalue weighted by molar-refractivity contribution is 0.0183. The van der Waals surface area contributed by atoms with Crippen molar-refractivity contribution in [1.29, 1.82) is 0 Å². The smallest absolute Gasteiger partial charge is 0.250 e. The Morgan fingerprint density at radius 1 is 1.40 bits per heavy atom. The first-order chi connectivity index (χ1) is 9.67. The minimum atomic E-state index is -0.434. The first kappa shape index (κ1) is 13.8. The van der Waals surface area contributed by atoms with E-state index in [-0.39, 0.29) is 5.56 Å². The third kappa shape index (κ3) is 2.66. The molecule has 0 aromatic carbocycles. The largest absolute Gasteiger partial charge is 0.389 e. The van der Waals surface area contributed by atoms with Gasteiger partial charge in [0.1, 0.15) is 0 Å². The van der Waals surface area contributed by atoms with Crippen LogP contribution in [0.1, 0.15) is 18.0 Å². The standard InChI is InChI=1S/C15H22N2O3/c1-20-10-13(18)9-16-6-11-5-12(8-16)14-3-2-4-15(19)17(14)7-11/h2-4,11-13,18H,5-10H2,1H3/t11-,12-,13-/m0/s1. The maximum atomic E-state index is 11.9. The number of β-amino-alcohol motifs (C(OH)–C–C–N with tert-alkyl or cyclic N) is 1. The van der Waals surface area contributed by atoms with Crippen molar-refractivity contribution in [2.45, 2.75) is 25.0 Å². The van der Waals surface area contributed by atoms with Gasteiger partial charge < -0.3 is 14.4 Å². The highest BCUT2D eigenvalue weighted by atomic mass is 16.5. The minimum absolute atomic E-state index is 0.116. The summed E-state index contributed by atoms with van der Waals surface area (Å²) in [4.78, 5) is 14.2. The average molecular weight is 278 g/mol. The van der Waals surface area contributed by atoms with Crippen molar-refractivity contribution in [2.75, 3.05) is 33.4 Å². The summed E-state index contributed by atoms with van der Waals surface area (Å²) in [6.45, 7) is 3.71. The number of nitrogens with zero attached hydrogens (tertiary/aromatic N) is 2. The van der Waals surface area contributed by atoms with Crippen molar-refractivity contribution in [3.8, 4) is 0 Å². The Balaban J connectivity index is 1.75. The second-order valence-electron chi connectivity index (χ2n) is 6.03. The third-order valence-electron chi connectivity index (χ3n) is 4.38. The van der Waals surface area contributed by atoms with Gasteiger partial charge >= 0.3 is 0 Å². The minimum Gasteiger partial charge on any atom is -0.389 e. The van der Waals surface area contributed by atoms with Crippen LogP contribution in [-0.4, -0.2) is 54.0 Å². The van der Waals surface area contributed by atoms with Gasteiger partial charge in [-0.15, -0.1) is 0 Å². The summed E-state index contributed by atoms with van der Waals surface area (Å²) >= 11 is 0. The molecule has 2 aliphatic rings. The number of piperidine rings is 1. The van der Waals surface area contributed by atoms with Gasteiger partial charge in [0, 0.05) is 51.0 Å². The van der Waals surface area contributed by atoms with Crippen molar-refractivity contribution in [1.82, 2.24) is 9.47 Å². The molecule has 1 aromatic heterocycles. The summed E-state index contributed by atoms with van der Waals surface area (Å²) in [7, 11) is 1.61. The SMILES string of the molecule is COC[C@@H](O)CN1C[C@@H]2C[C@@H](C1)c1cccc(=O)n1C2. The van der Waals surface area contributed by atoms with Crippen LogP contribution in [0.25, 0.3) is 0 Å². The third-order valence-corrected chi connectivity index (χ3v) is 4.38. The van der Waals surface area contributed by atoms with E-state index < -0.39 is 6.10 Å². The fourth-order valence-electron chi connectivity index (χ4n) is 3.69. The van der Waals surface area contributed by atoms with E-state index in [2.05, 4.69) is 11.0 Å². The lowest BCUT2D eigenvalue weighted by Gasteiger charge is -2.43. The van der Waals surface area contributed by atoms with Crippen LogP contribution in [-0.2, 0) is 11.3 Å². The molecule has 110 valence electrons. The summed E-state index contributed by atoms with van der Waals surface area (Å²) in [5.41, 5.74) is 1.27. The number of aliphatic hydroxyl groups is 1. The molecule has 2 bridgehead atoms. The number of pyridine rings is 1. The lowest BCUT2D eigenvalue weighted by atomic mass is 9.83. The van der Waals surface area contributed by atoms with E-state index in [0.717, 1.165) is 31.7 Å². The molecule has 0 aliphatic carbocycles. The normalized spacial score (nSPS) is 27.1. The van der Waals surface area contributed by atoms with Crippen molar-refractivity contribution in [2.24, 2.45) is 5.92 Å². The van der Waals surface area contributed by atoms with Gasteiger partial charge in [0.05, 0.1) is 12.7 Å². The van der Waals surface area contributed by atoms with Gasteiger partial charge in [-0.2, -0.15) is 0 Å². The Morgan fingerprint density at radius 2 is 2.25 bits per heavy atom. The van der Waals surface area contributed by atoms with Gasteiger partial charge in [-0.3, -0.25) is 9.69 Å². The predicted molar refractivity (Wildman–Crippen MR) is 75.9 cm³/mol. The van der Waals surface area contributed by atoms with E-state index in [1.807, 2.05) is 10.6 Å². The van der Waals surface area contributed by atoms with E-state index in [0.29, 0.717) is 25.0 Å². The van der Waals surface area contributed by atoms with Crippen molar-refractivity contribution < 1.29 is 9.84 Å². The van der Waals surface area contributed by atoms with Crippen LogP contribution in [0.3, 0.4) is 0 Å². The topological polar surface area (TPSA) is 54.7 Å². The molecule has 0 radical (unpaired) electrons. The molecule has 0 amide bonds. The number of hydrogen-bond acceptors (Lipinski definition) is 4. The zero-order chi connectivity index (χ0) is 14.1. The summed E-state index contributed by atoms with van der Waals surface area (Å²) < 4.78 is 6.92. The second-order valence-corrected chi connectivity index (χ2v) is 6.03. The molecule has 3 rings (SSSR count). The first-order valence-corrected chi connectivity index (χ1v) is 7.26. The van der Waals surface area contributed by atoms with Crippen LogP contribution in [0.4, 0.5) is 0 Å². The van der Waals surface area contributed by atoms with Crippen LogP contribution in [0.15, 0.2) is 23.0 Å². The fraction of sp³-hybridized carbons (Fsp3) is 0.667. The Hall–Kier alpha value is -1.17. The van der Waals surface area contributed by atoms with Crippen molar-refractivity contribution >= 4 is 0 Å². The van der Waals surface area contributed by atoms with E-state index in [1.54, 1.807) is 13.2 Å². The summed E-state index contributed by atoms with van der Waals surface area (Å²) in [5.74, 6) is 0.919. The molecule has 1 fully saturated rings. The number of ether oxygens (including phenoxy) is 1. The number of hydrogen-bond donors (Lipinski definition) is 1. The van der Waals surface area contributed by atoms with E-state index >= 15 is 0 Å². The zero-order valence-corrected chi connectivity index (χ0v) is 11.9. The number of aromatic nitrogens is 1. The van der Waals surface area contributed by atoms with Crippen LogP contribution in [0, 0.1) is 5.92 Å². The molecule has 5 heteroatoms. The monoisotopic (exact) mass is 278 g/mol. The molecule has 3 heterocycles. The zero-order valence-electron chi connectivity index (χ0n) is 11.9. The number of methoxy groups -OCH3 is 1. The highest BCUT2D eigenvalue weighted by Gasteiger charge is 2.34. The highest BCUT2D eigenvalue weighted by Crippen LogP contribution is 2.34. The van der Waals surface area contributed by atoms with Gasteiger partial charge in [0.25, 0.3) is 5.56 Å². The molecule has 0 unspecified atom stereocenters. The molecule has 0 saturated carbocycles. The maximum absolute atomic E-state index is 11.9. The lowest BCUT2D eigenvalue weighted by Crippen LogP contribution is -2.49. The number of aliphatic hydroxyl groups excluding tert-OH is 1. The Bertz CT molecular complexity index is 528. The van der Waals surface area contributed by atoms with E-state index in [1.165, 1.54) is 0 Å². The molecular formula is C15H22N2O3. The molecule has 5 nitrogen and oxygen atoms in total. The van der Waals surface area contributed by atoms with Crippen LogP contribution in [0.5, 0.6) is 0 Å². The Labute approximate surface area is 118 Å². The molecule has 2 aliphatic heterocycles. The van der Waals surface area contributed by atoms with Gasteiger partial charge in [-0.1, -0.05) is 6.07 Å². The van der Waals surface area contributed by atoms with Crippen LogP contribution >= 0.6 is 0 Å². The van der Waals surface area contributed by atoms with Crippen LogP contribution in [0.2, 0.25) is 0 Å². The summed E-state index contributed by atoms with van der Waals surface area (Å²) in [6.07, 6.45) is 0.720. The molecule has 0 spiro atoms. The van der Waals surface area contributed by atoms with E-state index in [4.69, 9.17) is 4.74 Å². The molecule has 20 heavy (non-hydrogen) atoms. The Kier molecular flexibility index (Phi) is 3.92. The van der Waals surface area contributed by atoms with E-state index in [9.17, 15) is 9.90 Å². The molecule has 1 aromatic rings. The summed E-state index contributed by atoms with van der Waals surface area (Å²) in [6, 6.07) is 5.56. The first-order valence-electron chi connectivity index (χ1n) is 7.26. The maximum Gasteiger partial charge on any atom is 0.250 e. The second kappa shape index (κ2) is 5.68. The van der Waals surface area contributed by atoms with Gasteiger partial charge in [0.2, 0.25) is 0 Å². The Morgan fingerprint density at radius 3 is 3.05 bits per heavy atom. The highest BCUT2D eigenvalue weighted by molar-refractivity contribution is 5.16. The van der Waals surface area contributed by atoms with Gasteiger partial charge in [-0.05, 0) is 18.4 Å². The van der Waals surface area contributed by atoms with Gasteiger partial charge in [-0.25, -0.2) is 0 Å². The fourth-order valence-corrected chi connectivity index (χ4v) is 3.69. The molecular weight excluding hydrogens is 256 g/mol. The molecule has 1 N–H and O–H groups in total. The summed E-state index contributed by atoms with van der Waals surface area (Å²) in [5, 5.41) is 9.88. The quantitative estimate of drug-likeness (QED) is 0.859. The molecule has 3 atom stereocenters. The van der Waals surface area contributed by atoms with Crippen molar-refractivity contribution in [3.05, 3.63) is 34.2 Å². The van der Waals surface area contributed by atoms with Gasteiger partial charge in [0.15, 0.2) is 0 Å².